The standard InChI is InChI=1S/C13H18BrN3O2/c1-10(18)19-7-2-11-8-12(14)9-16-13(11)17-5-3-15-4-6-17/h8-9,15H,2-7H2,1H3. The van der Waals surface area contributed by atoms with Crippen molar-refractivity contribution in [3.63, 3.8) is 0 Å². The fraction of sp³-hybridized carbons (Fsp3) is 0.538. The highest BCUT2D eigenvalue weighted by Gasteiger charge is 2.16. The first-order valence-corrected chi connectivity index (χ1v) is 7.19. The molecular weight excluding hydrogens is 310 g/mol. The van der Waals surface area contributed by atoms with E-state index in [-0.39, 0.29) is 5.97 Å². The molecule has 1 fully saturated rings. The highest BCUT2D eigenvalue weighted by molar-refractivity contribution is 9.10. The van der Waals surface area contributed by atoms with E-state index in [4.69, 9.17) is 4.74 Å². The lowest BCUT2D eigenvalue weighted by atomic mass is 10.1. The Morgan fingerprint density at radius 2 is 2.26 bits per heavy atom. The molecule has 0 aromatic carbocycles. The number of esters is 1. The number of carbonyl (C=O) groups excluding carboxylic acids is 1. The van der Waals surface area contributed by atoms with Crippen LogP contribution >= 0.6 is 15.9 Å². The summed E-state index contributed by atoms with van der Waals surface area (Å²) in [4.78, 5) is 17.6. The van der Waals surface area contributed by atoms with Crippen LogP contribution in [0.25, 0.3) is 0 Å². The summed E-state index contributed by atoms with van der Waals surface area (Å²) in [5.74, 6) is 0.753. The lowest BCUT2D eigenvalue weighted by Crippen LogP contribution is -2.44. The Morgan fingerprint density at radius 3 is 2.95 bits per heavy atom. The zero-order valence-corrected chi connectivity index (χ0v) is 12.6. The van der Waals surface area contributed by atoms with Gasteiger partial charge in [0.15, 0.2) is 0 Å². The maximum Gasteiger partial charge on any atom is 0.302 e. The number of nitrogens with zero attached hydrogens (tertiary/aromatic N) is 2. The highest BCUT2D eigenvalue weighted by atomic mass is 79.9. The van der Waals surface area contributed by atoms with Crippen LogP contribution < -0.4 is 10.2 Å². The van der Waals surface area contributed by atoms with Crippen molar-refractivity contribution in [1.82, 2.24) is 10.3 Å². The van der Waals surface area contributed by atoms with Crippen LogP contribution in [0.3, 0.4) is 0 Å². The van der Waals surface area contributed by atoms with Gasteiger partial charge in [-0.2, -0.15) is 0 Å². The van der Waals surface area contributed by atoms with Gasteiger partial charge in [0.05, 0.1) is 6.61 Å². The van der Waals surface area contributed by atoms with Gasteiger partial charge >= 0.3 is 5.97 Å². The SMILES string of the molecule is CC(=O)OCCc1cc(Br)cnc1N1CCNCC1. The number of pyridine rings is 1. The molecule has 0 unspecified atom stereocenters. The van der Waals surface area contributed by atoms with E-state index in [1.54, 1.807) is 0 Å². The first-order chi connectivity index (χ1) is 9.16. The van der Waals surface area contributed by atoms with Crippen LogP contribution in [0.15, 0.2) is 16.7 Å². The molecule has 2 heterocycles. The van der Waals surface area contributed by atoms with Crippen molar-refractivity contribution >= 4 is 27.7 Å². The van der Waals surface area contributed by atoms with Gasteiger partial charge in [-0.05, 0) is 27.6 Å². The smallest absolute Gasteiger partial charge is 0.302 e. The van der Waals surface area contributed by atoms with Crippen molar-refractivity contribution < 1.29 is 9.53 Å². The molecule has 19 heavy (non-hydrogen) atoms. The number of rotatable bonds is 4. The number of ether oxygens (including phenoxy) is 1. The molecule has 0 radical (unpaired) electrons. The van der Waals surface area contributed by atoms with E-state index in [0.29, 0.717) is 13.0 Å². The third-order valence-corrected chi connectivity index (χ3v) is 3.44. The van der Waals surface area contributed by atoms with Crippen LogP contribution in [-0.2, 0) is 16.0 Å². The maximum atomic E-state index is 10.8. The zero-order chi connectivity index (χ0) is 13.7. The molecule has 1 saturated heterocycles. The molecular formula is C13H18BrN3O2. The normalized spacial score (nSPS) is 15.4. The minimum Gasteiger partial charge on any atom is -0.466 e. The minimum atomic E-state index is -0.244. The summed E-state index contributed by atoms with van der Waals surface area (Å²) in [5, 5.41) is 3.33. The summed E-state index contributed by atoms with van der Waals surface area (Å²) in [6.45, 7) is 5.68. The molecule has 5 nitrogen and oxygen atoms in total. The van der Waals surface area contributed by atoms with E-state index in [1.165, 1.54) is 6.92 Å². The van der Waals surface area contributed by atoms with Crippen LogP contribution in [0, 0.1) is 0 Å². The molecule has 1 aliphatic heterocycles. The van der Waals surface area contributed by atoms with Gasteiger partial charge in [0.1, 0.15) is 5.82 Å². The molecule has 2 rings (SSSR count). The summed E-state index contributed by atoms with van der Waals surface area (Å²) < 4.78 is 5.96. The van der Waals surface area contributed by atoms with E-state index < -0.39 is 0 Å². The van der Waals surface area contributed by atoms with E-state index in [9.17, 15) is 4.79 Å². The van der Waals surface area contributed by atoms with Gasteiger partial charge in [0, 0.05) is 50.2 Å². The molecule has 0 aliphatic carbocycles. The molecule has 0 atom stereocenters. The zero-order valence-electron chi connectivity index (χ0n) is 11.0. The lowest BCUT2D eigenvalue weighted by molar-refractivity contribution is -0.140. The Bertz CT molecular complexity index is 448. The molecule has 0 amide bonds. The molecule has 0 spiro atoms. The highest BCUT2D eigenvalue weighted by Crippen LogP contribution is 2.22. The number of hydrogen-bond acceptors (Lipinski definition) is 5. The average Bonchev–Trinajstić information content (AvgIpc) is 2.39. The predicted octanol–water partition coefficient (Wildman–Crippen LogP) is 1.36. The van der Waals surface area contributed by atoms with Gasteiger partial charge < -0.3 is 15.0 Å². The van der Waals surface area contributed by atoms with Crippen molar-refractivity contribution in [3.8, 4) is 0 Å². The van der Waals surface area contributed by atoms with Crippen molar-refractivity contribution in [3.05, 3.63) is 22.3 Å². The predicted molar refractivity (Wildman–Crippen MR) is 77.4 cm³/mol. The van der Waals surface area contributed by atoms with E-state index in [1.807, 2.05) is 12.3 Å². The second-order valence-electron chi connectivity index (χ2n) is 4.46. The topological polar surface area (TPSA) is 54.5 Å². The molecule has 1 aromatic heterocycles. The van der Waals surface area contributed by atoms with Crippen LogP contribution in [0.5, 0.6) is 0 Å². The van der Waals surface area contributed by atoms with Gasteiger partial charge in [-0.1, -0.05) is 0 Å². The largest absolute Gasteiger partial charge is 0.466 e. The number of halogens is 1. The Morgan fingerprint density at radius 1 is 1.53 bits per heavy atom. The second-order valence-corrected chi connectivity index (χ2v) is 5.38. The van der Waals surface area contributed by atoms with Gasteiger partial charge in [-0.25, -0.2) is 4.98 Å². The van der Waals surface area contributed by atoms with Crippen LogP contribution in [0.4, 0.5) is 5.82 Å². The van der Waals surface area contributed by atoms with Crippen LogP contribution in [0.1, 0.15) is 12.5 Å². The van der Waals surface area contributed by atoms with E-state index in [0.717, 1.165) is 42.0 Å². The molecule has 1 aromatic rings. The van der Waals surface area contributed by atoms with Gasteiger partial charge in [0.25, 0.3) is 0 Å². The Kier molecular flexibility index (Phi) is 5.15. The fourth-order valence-corrected chi connectivity index (χ4v) is 2.50. The molecule has 1 aliphatic rings. The lowest BCUT2D eigenvalue weighted by Gasteiger charge is -2.30. The van der Waals surface area contributed by atoms with Crippen molar-refractivity contribution in [2.24, 2.45) is 0 Å². The molecule has 0 bridgehead atoms. The third-order valence-electron chi connectivity index (χ3n) is 3.00. The van der Waals surface area contributed by atoms with E-state index in [2.05, 4.69) is 31.1 Å². The first kappa shape index (κ1) is 14.3. The minimum absolute atomic E-state index is 0.244. The Hall–Kier alpha value is -1.14. The Balaban J connectivity index is 2.10. The van der Waals surface area contributed by atoms with Gasteiger partial charge in [-0.3, -0.25) is 4.79 Å². The maximum absolute atomic E-state index is 10.8. The monoisotopic (exact) mass is 327 g/mol. The molecule has 6 heteroatoms. The first-order valence-electron chi connectivity index (χ1n) is 6.40. The fourth-order valence-electron chi connectivity index (χ4n) is 2.12. The number of anilines is 1. The summed E-state index contributed by atoms with van der Waals surface area (Å²) in [7, 11) is 0. The molecule has 1 N–H and O–H groups in total. The number of carbonyl (C=O) groups is 1. The van der Waals surface area contributed by atoms with Gasteiger partial charge in [-0.15, -0.1) is 0 Å². The van der Waals surface area contributed by atoms with Crippen molar-refractivity contribution in [1.29, 1.82) is 0 Å². The third kappa shape index (κ3) is 4.18. The summed E-state index contributed by atoms with van der Waals surface area (Å²) in [5.41, 5.74) is 1.11. The summed E-state index contributed by atoms with van der Waals surface area (Å²) in [6.07, 6.45) is 2.50. The van der Waals surface area contributed by atoms with Crippen molar-refractivity contribution in [2.45, 2.75) is 13.3 Å². The Labute approximate surface area is 121 Å². The number of piperazine rings is 1. The van der Waals surface area contributed by atoms with Gasteiger partial charge in [0.2, 0.25) is 0 Å². The quantitative estimate of drug-likeness (QED) is 0.846. The number of hydrogen-bond donors (Lipinski definition) is 1. The average molecular weight is 328 g/mol. The summed E-state index contributed by atoms with van der Waals surface area (Å²) >= 11 is 3.44. The summed E-state index contributed by atoms with van der Waals surface area (Å²) in [6, 6.07) is 2.05. The second kappa shape index (κ2) is 6.86. The van der Waals surface area contributed by atoms with Crippen molar-refractivity contribution in [2.75, 3.05) is 37.7 Å². The number of nitrogens with one attached hydrogen (secondary N) is 1. The molecule has 104 valence electrons. The van der Waals surface area contributed by atoms with Crippen LogP contribution in [-0.4, -0.2) is 43.7 Å². The van der Waals surface area contributed by atoms with E-state index >= 15 is 0 Å². The molecule has 0 saturated carbocycles. The number of aromatic nitrogens is 1. The van der Waals surface area contributed by atoms with Crippen LogP contribution in [0.2, 0.25) is 0 Å².